The minimum absolute atomic E-state index is 0. The minimum atomic E-state index is -0.0705. The molecule has 0 radical (unpaired) electrons. The summed E-state index contributed by atoms with van der Waals surface area (Å²) in [7, 11) is 2.23. The van der Waals surface area contributed by atoms with E-state index >= 15 is 0 Å². The van der Waals surface area contributed by atoms with Crippen LogP contribution in [-0.4, -0.2) is 36.1 Å². The monoisotopic (exact) mass is 377 g/mol. The van der Waals surface area contributed by atoms with Gasteiger partial charge in [0.25, 0.3) is 0 Å². The highest BCUT2D eigenvalue weighted by Crippen LogP contribution is 2.39. The molecule has 3 atom stereocenters. The average molecular weight is 378 g/mol. The fourth-order valence-electron chi connectivity index (χ4n) is 5.42. The number of carbonyl (C=O) groups excluding carboxylic acids is 1. The zero-order valence-corrected chi connectivity index (χ0v) is 16.6. The Morgan fingerprint density at radius 3 is 2.23 bits per heavy atom. The van der Waals surface area contributed by atoms with Crippen LogP contribution in [0.4, 0.5) is 0 Å². The van der Waals surface area contributed by atoms with Gasteiger partial charge in [-0.2, -0.15) is 0 Å². The second-order valence-electron chi connectivity index (χ2n) is 8.37. The van der Waals surface area contributed by atoms with Crippen LogP contribution in [0.15, 0.2) is 30.3 Å². The SMILES string of the molecule is CN1C2CCC1CC(OC(=O)C(c1ccccc1)C1CCCCC1)C2.Cl. The fourth-order valence-corrected chi connectivity index (χ4v) is 5.42. The number of benzene rings is 1. The third-order valence-electron chi connectivity index (χ3n) is 6.87. The summed E-state index contributed by atoms with van der Waals surface area (Å²) in [5.74, 6) is 0.414. The standard InChI is InChI=1S/C22H31NO2.ClH/c1-23-18-12-13-19(23)15-20(14-18)25-22(24)21(16-8-4-2-5-9-16)17-10-6-3-7-11-17;/h2,4-5,8-9,17-21H,3,6-7,10-15H2,1H3;1H. The van der Waals surface area contributed by atoms with E-state index in [1.165, 1.54) is 32.1 Å². The molecular weight excluding hydrogens is 346 g/mol. The third kappa shape index (κ3) is 4.09. The summed E-state index contributed by atoms with van der Waals surface area (Å²) in [6, 6.07) is 11.6. The van der Waals surface area contributed by atoms with Gasteiger partial charge in [-0.05, 0) is 57.1 Å². The molecule has 2 saturated heterocycles. The summed E-state index contributed by atoms with van der Waals surface area (Å²) >= 11 is 0. The van der Waals surface area contributed by atoms with Gasteiger partial charge in [0.1, 0.15) is 6.10 Å². The maximum absolute atomic E-state index is 13.2. The topological polar surface area (TPSA) is 29.5 Å². The van der Waals surface area contributed by atoms with Crippen LogP contribution in [-0.2, 0) is 9.53 Å². The number of carbonyl (C=O) groups is 1. The van der Waals surface area contributed by atoms with E-state index in [0.717, 1.165) is 31.2 Å². The first kappa shape index (κ1) is 19.7. The molecule has 3 aliphatic rings. The molecule has 2 bridgehead atoms. The van der Waals surface area contributed by atoms with E-state index in [1.807, 2.05) is 18.2 Å². The molecule has 3 nitrogen and oxygen atoms in total. The molecule has 1 aromatic carbocycles. The van der Waals surface area contributed by atoms with Gasteiger partial charge in [-0.15, -0.1) is 12.4 Å². The van der Waals surface area contributed by atoms with Crippen molar-refractivity contribution in [1.82, 2.24) is 4.90 Å². The van der Waals surface area contributed by atoms with Crippen LogP contribution in [0.5, 0.6) is 0 Å². The first-order chi connectivity index (χ1) is 12.2. The summed E-state index contributed by atoms with van der Waals surface area (Å²) in [6.45, 7) is 0. The Balaban J connectivity index is 0.00000196. The lowest BCUT2D eigenvalue weighted by Crippen LogP contribution is -2.44. The van der Waals surface area contributed by atoms with Gasteiger partial charge in [0.15, 0.2) is 0 Å². The molecule has 0 amide bonds. The predicted octanol–water partition coefficient (Wildman–Crippen LogP) is 4.94. The van der Waals surface area contributed by atoms with Crippen molar-refractivity contribution < 1.29 is 9.53 Å². The molecule has 4 rings (SSSR count). The van der Waals surface area contributed by atoms with Gasteiger partial charge in [0.05, 0.1) is 5.92 Å². The fraction of sp³-hybridized carbons (Fsp3) is 0.682. The zero-order valence-electron chi connectivity index (χ0n) is 15.8. The molecule has 1 aromatic rings. The number of nitrogens with zero attached hydrogens (tertiary/aromatic N) is 1. The summed E-state index contributed by atoms with van der Waals surface area (Å²) < 4.78 is 6.12. The second-order valence-corrected chi connectivity index (χ2v) is 8.37. The van der Waals surface area contributed by atoms with Crippen LogP contribution in [0.3, 0.4) is 0 Å². The number of esters is 1. The van der Waals surface area contributed by atoms with E-state index < -0.39 is 0 Å². The van der Waals surface area contributed by atoms with E-state index in [1.54, 1.807) is 0 Å². The molecule has 1 aliphatic carbocycles. The maximum Gasteiger partial charge on any atom is 0.313 e. The zero-order chi connectivity index (χ0) is 17.2. The number of hydrogen-bond acceptors (Lipinski definition) is 3. The van der Waals surface area contributed by atoms with E-state index in [2.05, 4.69) is 24.1 Å². The number of halogens is 1. The van der Waals surface area contributed by atoms with Crippen molar-refractivity contribution in [2.45, 2.75) is 81.9 Å². The summed E-state index contributed by atoms with van der Waals surface area (Å²) in [6.07, 6.45) is 10.8. The average Bonchev–Trinajstić information content (AvgIpc) is 2.84. The van der Waals surface area contributed by atoms with E-state index in [9.17, 15) is 4.79 Å². The normalized spacial score (nSPS) is 30.4. The second kappa shape index (κ2) is 8.75. The van der Waals surface area contributed by atoms with Crippen LogP contribution >= 0.6 is 12.4 Å². The first-order valence-corrected chi connectivity index (χ1v) is 10.2. The molecule has 0 aromatic heterocycles. The number of fused-ring (bicyclic) bond motifs is 2. The van der Waals surface area contributed by atoms with Gasteiger partial charge in [0, 0.05) is 12.1 Å². The molecule has 0 N–H and O–H groups in total. The van der Waals surface area contributed by atoms with Gasteiger partial charge >= 0.3 is 5.97 Å². The predicted molar refractivity (Wildman–Crippen MR) is 107 cm³/mol. The summed E-state index contributed by atoms with van der Waals surface area (Å²) in [4.78, 5) is 15.7. The lowest BCUT2D eigenvalue weighted by molar-refractivity contribution is -0.156. The molecule has 3 fully saturated rings. The van der Waals surface area contributed by atoms with Gasteiger partial charge in [0.2, 0.25) is 0 Å². The molecule has 3 unspecified atom stereocenters. The Kier molecular flexibility index (Phi) is 6.63. The Hall–Kier alpha value is -1.06. The smallest absolute Gasteiger partial charge is 0.313 e. The molecule has 0 spiro atoms. The van der Waals surface area contributed by atoms with Crippen molar-refractivity contribution >= 4 is 18.4 Å². The largest absolute Gasteiger partial charge is 0.462 e. The van der Waals surface area contributed by atoms with Crippen molar-refractivity contribution in [3.05, 3.63) is 35.9 Å². The van der Waals surface area contributed by atoms with Gasteiger partial charge in [-0.25, -0.2) is 0 Å². The van der Waals surface area contributed by atoms with Crippen LogP contribution in [0.2, 0.25) is 0 Å². The molecule has 2 heterocycles. The highest BCUT2D eigenvalue weighted by Gasteiger charge is 2.41. The Labute approximate surface area is 163 Å². The lowest BCUT2D eigenvalue weighted by Gasteiger charge is -2.37. The van der Waals surface area contributed by atoms with Crippen molar-refractivity contribution in [3.8, 4) is 0 Å². The molecule has 1 saturated carbocycles. The number of ether oxygens (including phenoxy) is 1. The van der Waals surface area contributed by atoms with Crippen LogP contribution in [0.25, 0.3) is 0 Å². The van der Waals surface area contributed by atoms with Crippen LogP contribution in [0, 0.1) is 5.92 Å². The Morgan fingerprint density at radius 2 is 1.62 bits per heavy atom. The van der Waals surface area contributed by atoms with Crippen molar-refractivity contribution in [2.24, 2.45) is 5.92 Å². The van der Waals surface area contributed by atoms with E-state index in [4.69, 9.17) is 4.74 Å². The van der Waals surface area contributed by atoms with Crippen molar-refractivity contribution in [2.75, 3.05) is 7.05 Å². The Morgan fingerprint density at radius 1 is 1.00 bits per heavy atom. The summed E-state index contributed by atoms with van der Waals surface area (Å²) in [5.41, 5.74) is 1.15. The number of piperidine rings is 1. The number of rotatable bonds is 4. The highest BCUT2D eigenvalue weighted by atomic mass is 35.5. The molecule has 2 aliphatic heterocycles. The van der Waals surface area contributed by atoms with E-state index in [0.29, 0.717) is 18.0 Å². The Bertz CT molecular complexity index is 573. The van der Waals surface area contributed by atoms with Gasteiger partial charge < -0.3 is 9.64 Å². The van der Waals surface area contributed by atoms with Crippen molar-refractivity contribution in [1.29, 1.82) is 0 Å². The van der Waals surface area contributed by atoms with Crippen LogP contribution in [0.1, 0.15) is 69.3 Å². The molecule has 26 heavy (non-hydrogen) atoms. The lowest BCUT2D eigenvalue weighted by atomic mass is 9.77. The quantitative estimate of drug-likeness (QED) is 0.696. The first-order valence-electron chi connectivity index (χ1n) is 10.2. The van der Waals surface area contributed by atoms with Gasteiger partial charge in [-0.1, -0.05) is 49.6 Å². The van der Waals surface area contributed by atoms with Gasteiger partial charge in [-0.3, -0.25) is 4.79 Å². The molecule has 4 heteroatoms. The minimum Gasteiger partial charge on any atom is -0.462 e. The molecule has 144 valence electrons. The third-order valence-corrected chi connectivity index (χ3v) is 6.87. The summed E-state index contributed by atoms with van der Waals surface area (Å²) in [5, 5.41) is 0. The number of hydrogen-bond donors (Lipinski definition) is 0. The highest BCUT2D eigenvalue weighted by molar-refractivity contribution is 5.85. The van der Waals surface area contributed by atoms with E-state index in [-0.39, 0.29) is 30.4 Å². The maximum atomic E-state index is 13.2. The molecular formula is C22H32ClNO2. The van der Waals surface area contributed by atoms with Crippen LogP contribution < -0.4 is 0 Å². The van der Waals surface area contributed by atoms with Crippen molar-refractivity contribution in [3.63, 3.8) is 0 Å².